The molecule has 0 aliphatic carbocycles. The molecule has 3 nitrogen and oxygen atoms in total. The fourth-order valence-corrected chi connectivity index (χ4v) is 2.28. The molecule has 1 atom stereocenters. The van der Waals surface area contributed by atoms with Crippen LogP contribution < -0.4 is 5.32 Å². The van der Waals surface area contributed by atoms with Crippen LogP contribution in [0.3, 0.4) is 0 Å². The Labute approximate surface area is 111 Å². The van der Waals surface area contributed by atoms with E-state index in [1.165, 1.54) is 6.92 Å². The van der Waals surface area contributed by atoms with E-state index in [1.807, 2.05) is 0 Å². The van der Waals surface area contributed by atoms with Crippen LogP contribution in [0.25, 0.3) is 0 Å². The van der Waals surface area contributed by atoms with Crippen molar-refractivity contribution in [3.8, 4) is 0 Å². The first-order valence-corrected chi connectivity index (χ1v) is 6.26. The lowest BCUT2D eigenvalue weighted by Crippen LogP contribution is -2.37. The van der Waals surface area contributed by atoms with Gasteiger partial charge in [-0.2, -0.15) is 0 Å². The number of rotatable bonds is 3. The minimum atomic E-state index is -0.469. The van der Waals surface area contributed by atoms with Crippen molar-refractivity contribution in [3.63, 3.8) is 0 Å². The zero-order chi connectivity index (χ0) is 12.3. The van der Waals surface area contributed by atoms with Crippen molar-refractivity contribution in [2.75, 3.05) is 0 Å². The molecular formula is C11H11Br2NO2. The van der Waals surface area contributed by atoms with Crippen LogP contribution in [0.1, 0.15) is 24.2 Å². The first kappa shape index (κ1) is 13.4. The molecule has 1 unspecified atom stereocenters. The number of ketones is 1. The van der Waals surface area contributed by atoms with Crippen LogP contribution in [0.2, 0.25) is 0 Å². The maximum Gasteiger partial charge on any atom is 0.252 e. The van der Waals surface area contributed by atoms with Crippen molar-refractivity contribution in [1.29, 1.82) is 0 Å². The number of halogens is 2. The molecule has 0 heterocycles. The van der Waals surface area contributed by atoms with E-state index in [0.29, 0.717) is 10.0 Å². The summed E-state index contributed by atoms with van der Waals surface area (Å²) in [7, 11) is 0. The van der Waals surface area contributed by atoms with Crippen LogP contribution in [0.5, 0.6) is 0 Å². The molecule has 0 aliphatic rings. The van der Waals surface area contributed by atoms with Gasteiger partial charge in [-0.1, -0.05) is 15.9 Å². The Morgan fingerprint density at radius 3 is 2.44 bits per heavy atom. The van der Waals surface area contributed by atoms with E-state index in [2.05, 4.69) is 37.2 Å². The smallest absolute Gasteiger partial charge is 0.252 e. The third kappa shape index (κ3) is 3.42. The van der Waals surface area contributed by atoms with E-state index in [-0.39, 0.29) is 11.7 Å². The molecule has 1 amide bonds. The number of benzene rings is 1. The Hall–Kier alpha value is -0.680. The first-order chi connectivity index (χ1) is 7.41. The van der Waals surface area contributed by atoms with Gasteiger partial charge in [0.1, 0.15) is 0 Å². The topological polar surface area (TPSA) is 46.2 Å². The van der Waals surface area contributed by atoms with Crippen molar-refractivity contribution in [2.24, 2.45) is 0 Å². The largest absolute Gasteiger partial charge is 0.342 e. The lowest BCUT2D eigenvalue weighted by molar-refractivity contribution is -0.118. The van der Waals surface area contributed by atoms with Gasteiger partial charge in [0, 0.05) is 8.95 Å². The van der Waals surface area contributed by atoms with Crippen LogP contribution in [0.15, 0.2) is 27.1 Å². The van der Waals surface area contributed by atoms with Crippen molar-refractivity contribution < 1.29 is 9.59 Å². The molecule has 1 aromatic carbocycles. The van der Waals surface area contributed by atoms with E-state index in [1.54, 1.807) is 25.1 Å². The highest BCUT2D eigenvalue weighted by molar-refractivity contribution is 9.11. The number of carbonyl (C=O) groups excluding carboxylic acids is 2. The molecule has 1 rings (SSSR count). The molecule has 16 heavy (non-hydrogen) atoms. The van der Waals surface area contributed by atoms with Crippen LogP contribution in [0, 0.1) is 0 Å². The van der Waals surface area contributed by atoms with Crippen LogP contribution >= 0.6 is 31.9 Å². The molecule has 1 N–H and O–H groups in total. The van der Waals surface area contributed by atoms with Gasteiger partial charge in [-0.25, -0.2) is 0 Å². The molecule has 0 aromatic heterocycles. The monoisotopic (exact) mass is 347 g/mol. The lowest BCUT2D eigenvalue weighted by Gasteiger charge is -2.11. The predicted octanol–water partition coefficient (Wildman–Crippen LogP) is 2.92. The average molecular weight is 349 g/mol. The van der Waals surface area contributed by atoms with Crippen LogP contribution in [0.4, 0.5) is 0 Å². The molecule has 0 saturated heterocycles. The summed E-state index contributed by atoms with van der Waals surface area (Å²) in [6.45, 7) is 3.11. The van der Waals surface area contributed by atoms with Gasteiger partial charge in [0.25, 0.3) is 5.91 Å². The van der Waals surface area contributed by atoms with Gasteiger partial charge in [-0.3, -0.25) is 9.59 Å². The summed E-state index contributed by atoms with van der Waals surface area (Å²) in [5, 5.41) is 2.62. The summed E-state index contributed by atoms with van der Waals surface area (Å²) in [6, 6.07) is 4.78. The Morgan fingerprint density at radius 2 is 1.94 bits per heavy atom. The Balaban J connectivity index is 2.85. The van der Waals surface area contributed by atoms with Gasteiger partial charge in [0.15, 0.2) is 5.78 Å². The predicted molar refractivity (Wildman–Crippen MR) is 69.5 cm³/mol. The quantitative estimate of drug-likeness (QED) is 0.912. The fraction of sp³-hybridized carbons (Fsp3) is 0.273. The van der Waals surface area contributed by atoms with Gasteiger partial charge in [0.2, 0.25) is 0 Å². The van der Waals surface area contributed by atoms with Gasteiger partial charge in [-0.15, -0.1) is 0 Å². The molecule has 1 aromatic rings. The van der Waals surface area contributed by atoms with Crippen molar-refractivity contribution in [3.05, 3.63) is 32.7 Å². The van der Waals surface area contributed by atoms with Crippen molar-refractivity contribution >= 4 is 43.6 Å². The summed E-state index contributed by atoms with van der Waals surface area (Å²) in [4.78, 5) is 22.8. The van der Waals surface area contributed by atoms with Crippen LogP contribution in [-0.2, 0) is 4.79 Å². The Bertz CT molecular complexity index is 432. The third-order valence-electron chi connectivity index (χ3n) is 2.13. The van der Waals surface area contributed by atoms with Crippen molar-refractivity contribution in [1.82, 2.24) is 5.32 Å². The van der Waals surface area contributed by atoms with Crippen molar-refractivity contribution in [2.45, 2.75) is 19.9 Å². The summed E-state index contributed by atoms with van der Waals surface area (Å²) >= 11 is 6.60. The highest BCUT2D eigenvalue weighted by Crippen LogP contribution is 2.21. The summed E-state index contributed by atoms with van der Waals surface area (Å²) in [5.74, 6) is -0.330. The molecule has 0 bridgehead atoms. The zero-order valence-corrected chi connectivity index (χ0v) is 12.1. The third-order valence-corrected chi connectivity index (χ3v) is 3.28. The summed E-state index contributed by atoms with van der Waals surface area (Å²) in [5.41, 5.74) is 0.510. The molecule has 0 radical (unpaired) electrons. The number of hydrogen-bond acceptors (Lipinski definition) is 2. The van der Waals surface area contributed by atoms with Gasteiger partial charge in [-0.05, 0) is 48.0 Å². The standard InChI is InChI=1S/C11H11Br2NO2/c1-6(7(2)15)14-11(16)9-4-3-8(12)5-10(9)13/h3-6H,1-2H3,(H,14,16). The lowest BCUT2D eigenvalue weighted by atomic mass is 10.2. The van der Waals surface area contributed by atoms with Gasteiger partial charge in [0.05, 0.1) is 11.6 Å². The second-order valence-electron chi connectivity index (χ2n) is 3.43. The van der Waals surface area contributed by atoms with Gasteiger partial charge < -0.3 is 5.32 Å². The Morgan fingerprint density at radius 1 is 1.31 bits per heavy atom. The fourth-order valence-electron chi connectivity index (χ4n) is 1.05. The summed E-state index contributed by atoms with van der Waals surface area (Å²) in [6.07, 6.45) is 0. The zero-order valence-electron chi connectivity index (χ0n) is 8.88. The number of nitrogens with one attached hydrogen (secondary N) is 1. The SMILES string of the molecule is CC(=O)C(C)NC(=O)c1ccc(Br)cc1Br. The molecule has 0 saturated carbocycles. The summed E-state index contributed by atoms with van der Waals surface area (Å²) < 4.78 is 1.57. The molecule has 0 aliphatic heterocycles. The minimum Gasteiger partial charge on any atom is -0.342 e. The molecule has 0 fully saturated rings. The molecule has 86 valence electrons. The average Bonchev–Trinajstić information content (AvgIpc) is 2.16. The van der Waals surface area contributed by atoms with Crippen LogP contribution in [-0.4, -0.2) is 17.7 Å². The second-order valence-corrected chi connectivity index (χ2v) is 5.20. The number of hydrogen-bond donors (Lipinski definition) is 1. The highest BCUT2D eigenvalue weighted by Gasteiger charge is 2.15. The highest BCUT2D eigenvalue weighted by atomic mass is 79.9. The number of Topliss-reactive ketones (excluding diaryl/α,β-unsaturated/α-hetero) is 1. The Kier molecular flexibility index (Phi) is 4.68. The second kappa shape index (κ2) is 5.59. The van der Waals surface area contributed by atoms with E-state index in [9.17, 15) is 9.59 Å². The number of carbonyl (C=O) groups is 2. The number of amides is 1. The van der Waals surface area contributed by atoms with E-state index < -0.39 is 6.04 Å². The first-order valence-electron chi connectivity index (χ1n) is 4.68. The van der Waals surface area contributed by atoms with Gasteiger partial charge >= 0.3 is 0 Å². The maximum atomic E-state index is 11.8. The van der Waals surface area contributed by atoms with E-state index in [4.69, 9.17) is 0 Å². The van der Waals surface area contributed by atoms with E-state index in [0.717, 1.165) is 4.47 Å². The normalized spacial score (nSPS) is 12.0. The minimum absolute atomic E-state index is 0.0680. The molecule has 5 heteroatoms. The molecule has 0 spiro atoms. The van der Waals surface area contributed by atoms with E-state index >= 15 is 0 Å². The molecular weight excluding hydrogens is 338 g/mol. The maximum absolute atomic E-state index is 11.8.